The van der Waals surface area contributed by atoms with Gasteiger partial charge in [-0.2, -0.15) is 5.26 Å². The molecule has 1 nitrogen and oxygen atoms in total. The highest BCUT2D eigenvalue weighted by atomic mass is 14.3. The van der Waals surface area contributed by atoms with Gasteiger partial charge in [-0.25, -0.2) is 0 Å². The number of hydrogen-bond donors (Lipinski definition) is 0. The van der Waals surface area contributed by atoms with Crippen LogP contribution in [0.25, 0.3) is 0 Å². The first-order valence-electron chi connectivity index (χ1n) is 5.59. The lowest BCUT2D eigenvalue weighted by Crippen LogP contribution is -2.10. The van der Waals surface area contributed by atoms with Crippen molar-refractivity contribution in [3.63, 3.8) is 0 Å². The highest BCUT2D eigenvalue weighted by Gasteiger charge is 2.17. The summed E-state index contributed by atoms with van der Waals surface area (Å²) in [6.07, 6.45) is 6.95. The van der Waals surface area contributed by atoms with E-state index in [1.807, 2.05) is 6.92 Å². The summed E-state index contributed by atoms with van der Waals surface area (Å²) in [5.41, 5.74) is 1.38. The molecule has 0 amide bonds. The second kappa shape index (κ2) is 7.62. The molecule has 14 heavy (non-hydrogen) atoms. The molecule has 0 aromatic rings. The molecular weight excluding hydrogens is 170 g/mol. The Kier molecular flexibility index (Phi) is 7.20. The van der Waals surface area contributed by atoms with Crippen LogP contribution in [0.15, 0.2) is 11.6 Å². The second-order valence-corrected chi connectivity index (χ2v) is 4.46. The fourth-order valence-corrected chi connectivity index (χ4v) is 1.55. The van der Waals surface area contributed by atoms with Crippen LogP contribution < -0.4 is 0 Å². The molecule has 0 bridgehead atoms. The van der Waals surface area contributed by atoms with Crippen molar-refractivity contribution in [2.75, 3.05) is 0 Å². The van der Waals surface area contributed by atoms with Gasteiger partial charge >= 0.3 is 0 Å². The largest absolute Gasteiger partial charge is 0.198 e. The van der Waals surface area contributed by atoms with Gasteiger partial charge in [0.2, 0.25) is 0 Å². The van der Waals surface area contributed by atoms with Gasteiger partial charge in [-0.15, -0.1) is 0 Å². The zero-order chi connectivity index (χ0) is 11.0. The minimum absolute atomic E-state index is 0.369. The zero-order valence-electron chi connectivity index (χ0n) is 10.0. The Balaban J connectivity index is 0.000000292. The molecule has 0 N–H and O–H groups in total. The molecule has 0 radical (unpaired) electrons. The lowest BCUT2D eigenvalue weighted by atomic mass is 9.83. The third-order valence-corrected chi connectivity index (χ3v) is 2.70. The first-order valence-corrected chi connectivity index (χ1v) is 5.59. The minimum Gasteiger partial charge on any atom is -0.198 e. The van der Waals surface area contributed by atoms with Crippen LogP contribution in [0.4, 0.5) is 0 Å². The number of allylic oxidation sites excluding steroid dienone is 2. The lowest BCUT2D eigenvalue weighted by Gasteiger charge is -2.20. The molecule has 0 aliphatic heterocycles. The normalized spacial score (nSPS) is 25.4. The molecule has 0 heterocycles. The third kappa shape index (κ3) is 6.71. The predicted octanol–water partition coefficient (Wildman–Crippen LogP) is 4.31. The van der Waals surface area contributed by atoms with Crippen LogP contribution in [-0.4, -0.2) is 0 Å². The number of hydrogen-bond acceptors (Lipinski definition) is 1. The number of rotatable bonds is 0. The van der Waals surface area contributed by atoms with Gasteiger partial charge in [0.05, 0.1) is 6.07 Å². The summed E-state index contributed by atoms with van der Waals surface area (Å²) in [6.45, 7) is 8.44. The molecule has 1 heteroatoms. The van der Waals surface area contributed by atoms with Crippen molar-refractivity contribution in [2.24, 2.45) is 11.8 Å². The van der Waals surface area contributed by atoms with Gasteiger partial charge in [-0.1, -0.05) is 31.4 Å². The minimum atomic E-state index is 0.369. The van der Waals surface area contributed by atoms with E-state index in [-0.39, 0.29) is 0 Å². The molecule has 1 aliphatic rings. The molecule has 1 aliphatic carbocycles. The van der Waals surface area contributed by atoms with E-state index in [4.69, 9.17) is 5.26 Å². The summed E-state index contributed by atoms with van der Waals surface area (Å²) < 4.78 is 0. The second-order valence-electron chi connectivity index (χ2n) is 4.46. The first kappa shape index (κ1) is 13.2. The highest BCUT2D eigenvalue weighted by molar-refractivity contribution is 4.88. The average Bonchev–Trinajstić information content (AvgIpc) is 2.18. The van der Waals surface area contributed by atoms with Crippen LogP contribution >= 0.6 is 0 Å². The Bertz CT molecular complexity index is 206. The molecule has 1 saturated carbocycles. The average molecular weight is 193 g/mol. The van der Waals surface area contributed by atoms with Crippen molar-refractivity contribution in [2.45, 2.75) is 53.4 Å². The highest BCUT2D eigenvalue weighted by Crippen LogP contribution is 2.27. The molecule has 1 fully saturated rings. The lowest BCUT2D eigenvalue weighted by molar-refractivity contribution is 0.331. The Morgan fingerprint density at radius 1 is 1.36 bits per heavy atom. The Hall–Kier alpha value is -0.770. The first-order chi connectivity index (χ1) is 6.60. The maximum Gasteiger partial charge on any atom is 0.0655 e. The Morgan fingerprint density at radius 3 is 2.21 bits per heavy atom. The van der Waals surface area contributed by atoms with Gasteiger partial charge in [0.15, 0.2) is 0 Å². The summed E-state index contributed by atoms with van der Waals surface area (Å²) >= 11 is 0. The molecule has 0 spiro atoms. The fourth-order valence-electron chi connectivity index (χ4n) is 1.55. The van der Waals surface area contributed by atoms with Crippen molar-refractivity contribution in [3.05, 3.63) is 11.6 Å². The monoisotopic (exact) mass is 193 g/mol. The maximum atomic E-state index is 8.56. The SMILES string of the molecule is CC1CCCC(C#N)C1.CC=C(C)C. The van der Waals surface area contributed by atoms with Gasteiger partial charge in [0.25, 0.3) is 0 Å². The summed E-state index contributed by atoms with van der Waals surface area (Å²) in [6, 6.07) is 2.33. The molecule has 2 unspecified atom stereocenters. The predicted molar refractivity (Wildman–Crippen MR) is 61.8 cm³/mol. The van der Waals surface area contributed by atoms with Crippen LogP contribution in [0.1, 0.15) is 53.4 Å². The van der Waals surface area contributed by atoms with Crippen molar-refractivity contribution in [1.29, 1.82) is 5.26 Å². The van der Waals surface area contributed by atoms with Gasteiger partial charge in [0.1, 0.15) is 0 Å². The van der Waals surface area contributed by atoms with E-state index in [0.29, 0.717) is 5.92 Å². The van der Waals surface area contributed by atoms with E-state index in [9.17, 15) is 0 Å². The molecule has 0 saturated heterocycles. The standard InChI is InChI=1S/C8H13N.C5H10/c1-7-3-2-4-8(5-7)6-9;1-4-5(2)3/h7-8H,2-5H2,1H3;4H,1-3H3. The van der Waals surface area contributed by atoms with Gasteiger partial charge in [-0.05, 0) is 39.5 Å². The van der Waals surface area contributed by atoms with Gasteiger partial charge in [-0.3, -0.25) is 0 Å². The maximum absolute atomic E-state index is 8.56. The van der Waals surface area contributed by atoms with Crippen molar-refractivity contribution in [1.82, 2.24) is 0 Å². The van der Waals surface area contributed by atoms with Crippen LogP contribution in [-0.2, 0) is 0 Å². The van der Waals surface area contributed by atoms with Gasteiger partial charge in [0, 0.05) is 5.92 Å². The third-order valence-electron chi connectivity index (χ3n) is 2.70. The topological polar surface area (TPSA) is 23.8 Å². The van der Waals surface area contributed by atoms with E-state index in [1.54, 1.807) is 0 Å². The van der Waals surface area contributed by atoms with Crippen molar-refractivity contribution in [3.8, 4) is 6.07 Å². The van der Waals surface area contributed by atoms with Crippen LogP contribution in [0.2, 0.25) is 0 Å². The number of nitrogens with zero attached hydrogens (tertiary/aromatic N) is 1. The molecule has 1 rings (SSSR count). The van der Waals surface area contributed by atoms with E-state index in [1.165, 1.54) is 18.4 Å². The van der Waals surface area contributed by atoms with Gasteiger partial charge < -0.3 is 0 Å². The summed E-state index contributed by atoms with van der Waals surface area (Å²) in [5.74, 6) is 1.16. The smallest absolute Gasteiger partial charge is 0.0655 e. The molecule has 2 atom stereocenters. The quantitative estimate of drug-likeness (QED) is 0.526. The summed E-state index contributed by atoms with van der Waals surface area (Å²) in [5, 5.41) is 8.56. The van der Waals surface area contributed by atoms with Crippen molar-refractivity contribution >= 4 is 0 Å². The van der Waals surface area contributed by atoms with E-state index < -0.39 is 0 Å². The summed E-state index contributed by atoms with van der Waals surface area (Å²) in [4.78, 5) is 0. The molecule has 80 valence electrons. The van der Waals surface area contributed by atoms with Crippen molar-refractivity contribution < 1.29 is 0 Å². The van der Waals surface area contributed by atoms with Crippen LogP contribution in [0, 0.1) is 23.2 Å². The molecular formula is C13H23N. The Morgan fingerprint density at radius 2 is 1.93 bits per heavy atom. The van der Waals surface area contributed by atoms with Crippen LogP contribution in [0.5, 0.6) is 0 Å². The number of nitriles is 1. The fraction of sp³-hybridized carbons (Fsp3) is 0.769. The summed E-state index contributed by atoms with van der Waals surface area (Å²) in [7, 11) is 0. The van der Waals surface area contributed by atoms with E-state index >= 15 is 0 Å². The van der Waals surface area contributed by atoms with Crippen LogP contribution in [0.3, 0.4) is 0 Å². The van der Waals surface area contributed by atoms with E-state index in [0.717, 1.165) is 18.8 Å². The molecule has 0 aromatic carbocycles. The zero-order valence-corrected chi connectivity index (χ0v) is 10.0. The Labute approximate surface area is 88.8 Å². The molecule has 0 aromatic heterocycles. The van der Waals surface area contributed by atoms with E-state index in [2.05, 4.69) is 32.9 Å².